The van der Waals surface area contributed by atoms with Gasteiger partial charge in [-0.3, -0.25) is 5.32 Å². The molecule has 0 saturated heterocycles. The first kappa shape index (κ1) is 15.9. The quantitative estimate of drug-likeness (QED) is 0.858. The monoisotopic (exact) mass is 321 g/mol. The van der Waals surface area contributed by atoms with Gasteiger partial charge in [0.25, 0.3) is 0 Å². The van der Waals surface area contributed by atoms with Gasteiger partial charge >= 0.3 is 6.18 Å². The highest BCUT2D eigenvalue weighted by atomic mass is 19.4. The van der Waals surface area contributed by atoms with Gasteiger partial charge in [-0.15, -0.1) is 0 Å². The average molecular weight is 321 g/mol. The van der Waals surface area contributed by atoms with Crippen molar-refractivity contribution in [3.8, 4) is 5.75 Å². The van der Waals surface area contributed by atoms with E-state index in [1.807, 2.05) is 12.1 Å². The Kier molecular flexibility index (Phi) is 4.31. The maximum absolute atomic E-state index is 12.6. The molecule has 2 nitrogen and oxygen atoms in total. The molecule has 1 atom stereocenters. The summed E-state index contributed by atoms with van der Waals surface area (Å²) >= 11 is 0. The van der Waals surface area contributed by atoms with Gasteiger partial charge < -0.3 is 4.74 Å². The molecule has 0 fully saturated rings. The molecule has 122 valence electrons. The normalized spacial score (nSPS) is 16.2. The first-order chi connectivity index (χ1) is 11.0. The van der Waals surface area contributed by atoms with Crippen LogP contribution in [0.25, 0.3) is 0 Å². The van der Waals surface area contributed by atoms with E-state index in [1.54, 1.807) is 7.05 Å². The van der Waals surface area contributed by atoms with E-state index < -0.39 is 11.7 Å². The second-order valence-corrected chi connectivity index (χ2v) is 5.79. The van der Waals surface area contributed by atoms with E-state index >= 15 is 0 Å². The maximum Gasteiger partial charge on any atom is 0.416 e. The van der Waals surface area contributed by atoms with Crippen LogP contribution in [0.1, 0.15) is 16.7 Å². The Hall–Kier alpha value is -2.01. The number of benzene rings is 2. The fourth-order valence-corrected chi connectivity index (χ4v) is 3.07. The Labute approximate surface area is 133 Å². The van der Waals surface area contributed by atoms with Crippen LogP contribution in [0.2, 0.25) is 0 Å². The summed E-state index contributed by atoms with van der Waals surface area (Å²) < 4.78 is 43.6. The summed E-state index contributed by atoms with van der Waals surface area (Å²) in [7, 11) is 1.80. The summed E-state index contributed by atoms with van der Waals surface area (Å²) in [6.45, 7) is 0. The van der Waals surface area contributed by atoms with Crippen molar-refractivity contribution in [2.75, 3.05) is 7.05 Å². The van der Waals surface area contributed by atoms with E-state index in [4.69, 9.17) is 4.74 Å². The van der Waals surface area contributed by atoms with Gasteiger partial charge in [0.1, 0.15) is 5.75 Å². The molecular formula is C18H18F3NO. The van der Waals surface area contributed by atoms with Crippen LogP contribution in [0.5, 0.6) is 5.75 Å². The number of hydrogen-bond acceptors (Lipinski definition) is 2. The van der Waals surface area contributed by atoms with Crippen molar-refractivity contribution >= 4 is 0 Å². The van der Waals surface area contributed by atoms with Crippen molar-refractivity contribution in [2.45, 2.75) is 25.2 Å². The zero-order chi connectivity index (χ0) is 16.4. The lowest BCUT2D eigenvalue weighted by atomic mass is 10.0. The molecule has 5 heteroatoms. The molecule has 0 radical (unpaired) electrons. The molecule has 0 saturated carbocycles. The average Bonchev–Trinajstić information content (AvgIpc) is 2.96. The molecular weight excluding hydrogens is 303 g/mol. The standard InChI is InChI=1S/C18H18F3NO/c1-22-17(14-10-12-4-2-3-5-13(12)11-14)23-16-8-6-15(7-9-16)18(19,20)21/h2-9,14,17,22H,10-11H2,1H3. The van der Waals surface area contributed by atoms with Crippen molar-refractivity contribution in [3.05, 3.63) is 65.2 Å². The zero-order valence-corrected chi connectivity index (χ0v) is 12.7. The van der Waals surface area contributed by atoms with Crippen molar-refractivity contribution < 1.29 is 17.9 Å². The fraction of sp³-hybridized carbons (Fsp3) is 0.333. The number of nitrogens with one attached hydrogen (secondary N) is 1. The van der Waals surface area contributed by atoms with Gasteiger partial charge in [0, 0.05) is 5.92 Å². The van der Waals surface area contributed by atoms with Gasteiger partial charge in [0.05, 0.1) is 5.56 Å². The van der Waals surface area contributed by atoms with Crippen LogP contribution in [-0.2, 0) is 19.0 Å². The first-order valence-corrected chi connectivity index (χ1v) is 7.55. The SMILES string of the molecule is CNC(Oc1ccc(C(F)(F)F)cc1)C1Cc2ccccc2C1. The van der Waals surface area contributed by atoms with Crippen LogP contribution < -0.4 is 10.1 Å². The molecule has 0 bridgehead atoms. The molecule has 23 heavy (non-hydrogen) atoms. The Bertz CT molecular complexity index is 642. The summed E-state index contributed by atoms with van der Waals surface area (Å²) in [6, 6.07) is 13.1. The molecule has 0 spiro atoms. The number of rotatable bonds is 4. The Balaban J connectivity index is 1.69. The number of halogens is 3. The summed E-state index contributed by atoms with van der Waals surface area (Å²) in [6.07, 6.45) is -2.75. The van der Waals surface area contributed by atoms with Gasteiger partial charge in [0.2, 0.25) is 0 Å². The van der Waals surface area contributed by atoms with Gasteiger partial charge in [-0.25, -0.2) is 0 Å². The van der Waals surface area contributed by atoms with E-state index in [2.05, 4.69) is 17.4 Å². The van der Waals surface area contributed by atoms with Gasteiger partial charge in [-0.2, -0.15) is 13.2 Å². The molecule has 3 rings (SSSR count). The summed E-state index contributed by atoms with van der Waals surface area (Å²) in [5, 5.41) is 3.13. The molecule has 0 aliphatic heterocycles. The van der Waals surface area contributed by atoms with E-state index in [-0.39, 0.29) is 12.1 Å². The number of ether oxygens (including phenoxy) is 1. The molecule has 2 aromatic rings. The van der Waals surface area contributed by atoms with Crippen molar-refractivity contribution in [3.63, 3.8) is 0 Å². The predicted molar refractivity (Wildman–Crippen MR) is 82.3 cm³/mol. The first-order valence-electron chi connectivity index (χ1n) is 7.55. The van der Waals surface area contributed by atoms with E-state index in [0.717, 1.165) is 25.0 Å². The third kappa shape index (κ3) is 3.50. The Morgan fingerprint density at radius 1 is 1.00 bits per heavy atom. The molecule has 0 aromatic heterocycles. The van der Waals surface area contributed by atoms with Crippen LogP contribution in [0.3, 0.4) is 0 Å². The molecule has 1 unspecified atom stereocenters. The largest absolute Gasteiger partial charge is 0.475 e. The number of alkyl halides is 3. The third-order valence-corrected chi connectivity index (χ3v) is 4.24. The van der Waals surface area contributed by atoms with Gasteiger partial charge in [-0.1, -0.05) is 24.3 Å². The fourth-order valence-electron chi connectivity index (χ4n) is 3.07. The lowest BCUT2D eigenvalue weighted by molar-refractivity contribution is -0.137. The summed E-state index contributed by atoms with van der Waals surface area (Å²) in [5.74, 6) is 0.702. The molecule has 1 aliphatic rings. The van der Waals surface area contributed by atoms with Crippen LogP contribution in [0.15, 0.2) is 48.5 Å². The van der Waals surface area contributed by atoms with Crippen LogP contribution in [0, 0.1) is 5.92 Å². The molecule has 2 aromatic carbocycles. The molecule has 0 amide bonds. The van der Waals surface area contributed by atoms with Crippen LogP contribution >= 0.6 is 0 Å². The van der Waals surface area contributed by atoms with E-state index in [0.29, 0.717) is 5.75 Å². The van der Waals surface area contributed by atoms with Crippen LogP contribution in [-0.4, -0.2) is 13.3 Å². The maximum atomic E-state index is 12.6. The minimum absolute atomic E-state index is 0.237. The predicted octanol–water partition coefficient (Wildman–Crippen LogP) is 4.04. The lowest BCUT2D eigenvalue weighted by Crippen LogP contribution is -2.39. The topological polar surface area (TPSA) is 21.3 Å². The molecule has 1 N–H and O–H groups in total. The molecule has 0 heterocycles. The second-order valence-electron chi connectivity index (χ2n) is 5.79. The Morgan fingerprint density at radius 3 is 2.04 bits per heavy atom. The minimum Gasteiger partial charge on any atom is -0.475 e. The van der Waals surface area contributed by atoms with Gasteiger partial charge in [-0.05, 0) is 55.3 Å². The number of hydrogen-bond donors (Lipinski definition) is 1. The van der Waals surface area contributed by atoms with Crippen molar-refractivity contribution in [2.24, 2.45) is 5.92 Å². The molecule has 1 aliphatic carbocycles. The smallest absolute Gasteiger partial charge is 0.416 e. The Morgan fingerprint density at radius 2 is 1.57 bits per heavy atom. The highest BCUT2D eigenvalue weighted by molar-refractivity contribution is 5.33. The van der Waals surface area contributed by atoms with Gasteiger partial charge in [0.15, 0.2) is 6.23 Å². The highest BCUT2D eigenvalue weighted by Gasteiger charge is 2.31. The minimum atomic E-state index is -4.33. The van der Waals surface area contributed by atoms with Crippen molar-refractivity contribution in [1.82, 2.24) is 5.32 Å². The summed E-state index contributed by atoms with van der Waals surface area (Å²) in [5.41, 5.74) is 1.96. The van der Waals surface area contributed by atoms with E-state index in [1.165, 1.54) is 23.3 Å². The second kappa shape index (κ2) is 6.24. The third-order valence-electron chi connectivity index (χ3n) is 4.24. The summed E-state index contributed by atoms with van der Waals surface area (Å²) in [4.78, 5) is 0. The number of fused-ring (bicyclic) bond motifs is 1. The van der Waals surface area contributed by atoms with Crippen LogP contribution in [0.4, 0.5) is 13.2 Å². The van der Waals surface area contributed by atoms with E-state index in [9.17, 15) is 13.2 Å². The highest BCUT2D eigenvalue weighted by Crippen LogP contribution is 2.32. The zero-order valence-electron chi connectivity index (χ0n) is 12.7. The lowest BCUT2D eigenvalue weighted by Gasteiger charge is -2.24. The van der Waals surface area contributed by atoms with Crippen molar-refractivity contribution in [1.29, 1.82) is 0 Å².